The topological polar surface area (TPSA) is 88.4 Å². The lowest BCUT2D eigenvalue weighted by Gasteiger charge is -2.12. The fraction of sp³-hybridized carbons (Fsp3) is 0.211. The van der Waals surface area contributed by atoms with Gasteiger partial charge in [0.25, 0.3) is 10.2 Å². The summed E-state index contributed by atoms with van der Waals surface area (Å²) in [5, 5.41) is 1.15. The number of anilines is 1. The first-order valence-corrected chi connectivity index (χ1v) is 10.4. The van der Waals surface area contributed by atoms with Gasteiger partial charge >= 0.3 is 11.8 Å². The van der Waals surface area contributed by atoms with E-state index in [1.54, 1.807) is 31.2 Å². The average Bonchev–Trinajstić information content (AvgIpc) is 2.64. The molecule has 0 aliphatic rings. The molecule has 6 nitrogen and oxygen atoms in total. The minimum absolute atomic E-state index is 0.0491. The number of rotatable bonds is 6. The van der Waals surface area contributed by atoms with Gasteiger partial charge in [-0.15, -0.1) is 0 Å². The molecular formula is C19H16ClF3N2O4S. The van der Waals surface area contributed by atoms with Crippen molar-refractivity contribution in [3.63, 3.8) is 0 Å². The predicted molar refractivity (Wildman–Crippen MR) is 108 cm³/mol. The van der Waals surface area contributed by atoms with E-state index in [4.69, 9.17) is 16.0 Å². The maximum atomic E-state index is 12.4. The molecule has 160 valence electrons. The summed E-state index contributed by atoms with van der Waals surface area (Å²) in [7, 11) is -4.42. The lowest BCUT2D eigenvalue weighted by Crippen LogP contribution is -2.37. The van der Waals surface area contributed by atoms with Gasteiger partial charge in [-0.2, -0.15) is 26.3 Å². The Kier molecular flexibility index (Phi) is 6.11. The van der Waals surface area contributed by atoms with Crippen LogP contribution in [-0.2, 0) is 16.6 Å². The Labute approximate surface area is 174 Å². The molecule has 0 atom stereocenters. The first-order chi connectivity index (χ1) is 13.9. The quantitative estimate of drug-likeness (QED) is 0.541. The van der Waals surface area contributed by atoms with Crippen molar-refractivity contribution in [1.29, 1.82) is 0 Å². The molecule has 0 saturated carbocycles. The highest BCUT2D eigenvalue weighted by Gasteiger charge is 2.29. The van der Waals surface area contributed by atoms with Gasteiger partial charge in [-0.25, -0.2) is 4.79 Å². The summed E-state index contributed by atoms with van der Waals surface area (Å²) in [6.45, 7) is 0.0560. The molecule has 11 heteroatoms. The third-order valence-corrected chi connectivity index (χ3v) is 5.53. The fourth-order valence-electron chi connectivity index (χ4n) is 2.88. The van der Waals surface area contributed by atoms with Crippen LogP contribution < -0.4 is 15.1 Å². The molecule has 0 unspecified atom stereocenters. The second-order valence-corrected chi connectivity index (χ2v) is 8.49. The Hall–Kier alpha value is -2.56. The Morgan fingerprint density at radius 3 is 2.57 bits per heavy atom. The molecule has 0 radical (unpaired) electrons. The first-order valence-electron chi connectivity index (χ1n) is 8.58. The molecule has 1 aromatic heterocycles. The zero-order chi connectivity index (χ0) is 22.1. The van der Waals surface area contributed by atoms with Crippen LogP contribution in [0.1, 0.15) is 16.7 Å². The molecule has 1 heterocycles. The highest BCUT2D eigenvalue weighted by atomic mass is 35.5. The van der Waals surface area contributed by atoms with Crippen LogP contribution >= 0.6 is 11.6 Å². The minimum atomic E-state index is -4.68. The van der Waals surface area contributed by atoms with Crippen LogP contribution in [0.15, 0.2) is 51.7 Å². The summed E-state index contributed by atoms with van der Waals surface area (Å²) in [6, 6.07) is 10.9. The number of fused-ring (bicyclic) bond motifs is 1. The van der Waals surface area contributed by atoms with Crippen molar-refractivity contribution in [3.8, 4) is 0 Å². The predicted octanol–water partition coefficient (Wildman–Crippen LogP) is 4.15. The standard InChI is InChI=1S/C19H16ClF3N2O4S/c1-11-15-9-13(20)5-6-17(15)29-18(26)16(11)8-12-3-2-4-14(7-12)25-30(27,28)24-10-19(21,22)23/h2-7,9,24-25H,8,10H2,1H3. The Morgan fingerprint density at radius 2 is 1.87 bits per heavy atom. The van der Waals surface area contributed by atoms with Crippen molar-refractivity contribution >= 4 is 38.5 Å². The van der Waals surface area contributed by atoms with Crippen molar-refractivity contribution in [3.05, 3.63) is 74.6 Å². The summed E-state index contributed by atoms with van der Waals surface area (Å²) in [5.74, 6) is 0. The SMILES string of the molecule is Cc1c(Cc2cccc(NS(=O)(=O)NCC(F)(F)F)c2)c(=O)oc2ccc(Cl)cc12. The number of halogens is 4. The summed E-state index contributed by atoms with van der Waals surface area (Å²) < 4.78 is 69.1. The smallest absolute Gasteiger partial charge is 0.402 e. The molecule has 0 spiro atoms. The minimum Gasteiger partial charge on any atom is -0.423 e. The summed E-state index contributed by atoms with van der Waals surface area (Å²) in [4.78, 5) is 12.4. The Balaban J connectivity index is 1.86. The van der Waals surface area contributed by atoms with Crippen LogP contribution in [0, 0.1) is 6.92 Å². The number of alkyl halides is 3. The molecule has 2 N–H and O–H groups in total. The van der Waals surface area contributed by atoms with E-state index < -0.39 is 28.6 Å². The van der Waals surface area contributed by atoms with Crippen molar-refractivity contribution in [2.45, 2.75) is 19.5 Å². The van der Waals surface area contributed by atoms with Crippen LogP contribution in [0.3, 0.4) is 0 Å². The largest absolute Gasteiger partial charge is 0.423 e. The third-order valence-electron chi connectivity index (χ3n) is 4.27. The highest BCUT2D eigenvalue weighted by Crippen LogP contribution is 2.25. The molecule has 0 aliphatic carbocycles. The van der Waals surface area contributed by atoms with Gasteiger partial charge in [-0.1, -0.05) is 23.7 Å². The van der Waals surface area contributed by atoms with Crippen molar-refractivity contribution in [2.75, 3.05) is 11.3 Å². The zero-order valence-electron chi connectivity index (χ0n) is 15.5. The number of hydrogen-bond donors (Lipinski definition) is 2. The highest BCUT2D eigenvalue weighted by molar-refractivity contribution is 7.90. The molecule has 30 heavy (non-hydrogen) atoms. The lowest BCUT2D eigenvalue weighted by molar-refractivity contribution is -0.121. The van der Waals surface area contributed by atoms with Gasteiger partial charge in [-0.05, 0) is 48.4 Å². The molecule has 0 aliphatic heterocycles. The maximum absolute atomic E-state index is 12.4. The van der Waals surface area contributed by atoms with Crippen LogP contribution in [0.25, 0.3) is 11.0 Å². The normalized spacial score (nSPS) is 12.3. The Bertz CT molecular complexity index is 1260. The number of nitrogens with one attached hydrogen (secondary N) is 2. The molecule has 3 rings (SSSR count). The van der Waals surface area contributed by atoms with Gasteiger partial charge < -0.3 is 4.42 Å². The fourth-order valence-corrected chi connectivity index (χ4v) is 3.92. The van der Waals surface area contributed by atoms with E-state index >= 15 is 0 Å². The molecule has 0 fully saturated rings. The van der Waals surface area contributed by atoms with E-state index in [1.165, 1.54) is 22.9 Å². The summed E-state index contributed by atoms with van der Waals surface area (Å²) >= 11 is 6.02. The number of benzene rings is 2. The van der Waals surface area contributed by atoms with E-state index in [0.717, 1.165) is 0 Å². The average molecular weight is 461 g/mol. The lowest BCUT2D eigenvalue weighted by atomic mass is 9.99. The van der Waals surface area contributed by atoms with Crippen molar-refractivity contribution in [2.24, 2.45) is 0 Å². The molecule has 0 saturated heterocycles. The second-order valence-electron chi connectivity index (χ2n) is 6.55. The molecule has 3 aromatic rings. The number of aryl methyl sites for hydroxylation is 1. The first kappa shape index (κ1) is 22.1. The van der Waals surface area contributed by atoms with Crippen LogP contribution in [0.2, 0.25) is 5.02 Å². The van der Waals surface area contributed by atoms with Crippen LogP contribution in [0.4, 0.5) is 18.9 Å². The van der Waals surface area contributed by atoms with Crippen LogP contribution in [0.5, 0.6) is 0 Å². The molecule has 0 bridgehead atoms. The van der Waals surface area contributed by atoms with E-state index in [9.17, 15) is 26.4 Å². The maximum Gasteiger partial charge on any atom is 0.402 e. The van der Waals surface area contributed by atoms with Crippen molar-refractivity contribution in [1.82, 2.24) is 4.72 Å². The molecule has 2 aromatic carbocycles. The van der Waals surface area contributed by atoms with Crippen LogP contribution in [-0.4, -0.2) is 21.1 Å². The molecular weight excluding hydrogens is 445 g/mol. The van der Waals surface area contributed by atoms with Gasteiger partial charge in [0, 0.05) is 22.4 Å². The van der Waals surface area contributed by atoms with Gasteiger partial charge in [0.05, 0.1) is 5.69 Å². The van der Waals surface area contributed by atoms with E-state index in [1.807, 2.05) is 4.72 Å². The van der Waals surface area contributed by atoms with E-state index in [0.29, 0.717) is 32.7 Å². The van der Waals surface area contributed by atoms with Gasteiger partial charge in [0.15, 0.2) is 0 Å². The number of hydrogen-bond acceptors (Lipinski definition) is 4. The van der Waals surface area contributed by atoms with Gasteiger partial charge in [0.2, 0.25) is 0 Å². The van der Waals surface area contributed by atoms with E-state index in [-0.39, 0.29) is 12.1 Å². The Morgan fingerprint density at radius 1 is 1.13 bits per heavy atom. The summed E-state index contributed by atoms with van der Waals surface area (Å²) in [5.41, 5.74) is 1.49. The van der Waals surface area contributed by atoms with E-state index in [2.05, 4.69) is 0 Å². The van der Waals surface area contributed by atoms with Gasteiger partial charge in [0.1, 0.15) is 12.1 Å². The monoisotopic (exact) mass is 460 g/mol. The van der Waals surface area contributed by atoms with Gasteiger partial charge in [-0.3, -0.25) is 4.72 Å². The third kappa shape index (κ3) is 5.53. The summed E-state index contributed by atoms with van der Waals surface area (Å²) in [6.07, 6.45) is -4.55. The molecule has 0 amide bonds. The second kappa shape index (κ2) is 8.29. The van der Waals surface area contributed by atoms with Crippen molar-refractivity contribution < 1.29 is 26.0 Å². The zero-order valence-corrected chi connectivity index (χ0v) is 17.1.